The van der Waals surface area contributed by atoms with Crippen molar-refractivity contribution in [2.24, 2.45) is 5.41 Å². The molecule has 2 rings (SSSR count). The fourth-order valence-corrected chi connectivity index (χ4v) is 4.53. The molecule has 0 radical (unpaired) electrons. The number of benzene rings is 1. The lowest BCUT2D eigenvalue weighted by Gasteiger charge is -2.17. The Morgan fingerprint density at radius 2 is 1.88 bits per heavy atom. The molecule has 1 heterocycles. The van der Waals surface area contributed by atoms with Crippen LogP contribution in [0.15, 0.2) is 30.5 Å². The third kappa shape index (κ3) is 5.04. The van der Waals surface area contributed by atoms with Crippen molar-refractivity contribution in [3.05, 3.63) is 35.3 Å². The predicted octanol–water partition coefficient (Wildman–Crippen LogP) is 2.92. The zero-order valence-corrected chi connectivity index (χ0v) is 15.6. The van der Waals surface area contributed by atoms with Crippen LogP contribution in [0.2, 0.25) is 0 Å². The van der Waals surface area contributed by atoms with Crippen LogP contribution < -0.4 is 9.46 Å². The van der Waals surface area contributed by atoms with Gasteiger partial charge in [-0.2, -0.15) is 0 Å². The molecule has 0 unspecified atom stereocenters. The van der Waals surface area contributed by atoms with Crippen molar-refractivity contribution in [1.82, 2.24) is 9.71 Å². The maximum absolute atomic E-state index is 12.2. The smallest absolute Gasteiger partial charge is 0.276 e. The monoisotopic (exact) mass is 368 g/mol. The first kappa shape index (κ1) is 18.4. The fourth-order valence-electron chi connectivity index (χ4n) is 2.04. The third-order valence-electron chi connectivity index (χ3n) is 2.94. The molecule has 24 heavy (non-hydrogen) atoms. The second-order valence-corrected chi connectivity index (χ2v) is 9.26. The summed E-state index contributed by atoms with van der Waals surface area (Å²) in [6.45, 7) is 5.39. The van der Waals surface area contributed by atoms with Crippen LogP contribution in [0.1, 0.15) is 30.4 Å². The topological polar surface area (TPSA) is 85.4 Å². The number of hydrogen-bond acceptors (Lipinski definition) is 6. The number of carbonyl (C=O) groups is 1. The van der Waals surface area contributed by atoms with Crippen molar-refractivity contribution in [1.29, 1.82) is 0 Å². The van der Waals surface area contributed by atoms with Crippen molar-refractivity contribution in [3.8, 4) is 16.3 Å². The third-order valence-corrected chi connectivity index (χ3v) is 5.73. The molecule has 0 spiro atoms. The van der Waals surface area contributed by atoms with E-state index in [0.29, 0.717) is 5.01 Å². The molecule has 1 N–H and O–H groups in total. The number of methoxy groups -OCH3 is 1. The molecule has 0 aliphatic rings. The van der Waals surface area contributed by atoms with Crippen molar-refractivity contribution in [2.45, 2.75) is 20.8 Å². The summed E-state index contributed by atoms with van der Waals surface area (Å²) in [5.74, 6) is -0.0614. The summed E-state index contributed by atoms with van der Waals surface area (Å²) in [6, 6.07) is 7.25. The molecule has 0 fully saturated rings. The Bertz CT molecular complexity index is 819. The molecular formula is C16H20N2O4S2. The van der Waals surface area contributed by atoms with E-state index in [0.717, 1.165) is 22.6 Å². The van der Waals surface area contributed by atoms with Crippen LogP contribution in [0.4, 0.5) is 0 Å². The molecule has 0 aliphatic carbocycles. The maximum Gasteiger partial charge on any atom is 0.276 e. The molecule has 0 saturated heterocycles. The van der Waals surface area contributed by atoms with Gasteiger partial charge in [-0.1, -0.05) is 20.8 Å². The minimum Gasteiger partial charge on any atom is -0.497 e. The average molecular weight is 368 g/mol. The lowest BCUT2D eigenvalue weighted by Crippen LogP contribution is -2.36. The van der Waals surface area contributed by atoms with Crippen molar-refractivity contribution >= 4 is 27.3 Å². The van der Waals surface area contributed by atoms with E-state index in [4.69, 9.17) is 4.74 Å². The van der Waals surface area contributed by atoms with E-state index in [1.54, 1.807) is 40.0 Å². The molecule has 1 aromatic carbocycles. The van der Waals surface area contributed by atoms with Gasteiger partial charge in [0.2, 0.25) is 10.0 Å². The molecule has 1 amide bonds. The fraction of sp³-hybridized carbons (Fsp3) is 0.375. The number of rotatable bonds is 5. The minimum atomic E-state index is -3.69. The van der Waals surface area contributed by atoms with Gasteiger partial charge in [0.25, 0.3) is 5.91 Å². The molecule has 0 saturated carbocycles. The Morgan fingerprint density at radius 1 is 1.25 bits per heavy atom. The molecule has 8 heteroatoms. The van der Waals surface area contributed by atoms with Gasteiger partial charge in [0, 0.05) is 5.56 Å². The zero-order chi connectivity index (χ0) is 18.0. The van der Waals surface area contributed by atoms with Gasteiger partial charge in [-0.15, -0.1) is 11.3 Å². The van der Waals surface area contributed by atoms with Gasteiger partial charge in [0.15, 0.2) is 0 Å². The first-order valence-electron chi connectivity index (χ1n) is 7.25. The molecule has 0 atom stereocenters. The summed E-state index contributed by atoms with van der Waals surface area (Å²) in [5, 5.41) is 0.635. The number of nitrogens with one attached hydrogen (secondary N) is 1. The summed E-state index contributed by atoms with van der Waals surface area (Å²) >= 11 is 1.14. The molecule has 130 valence electrons. The zero-order valence-electron chi connectivity index (χ0n) is 14.0. The van der Waals surface area contributed by atoms with Gasteiger partial charge in [-0.3, -0.25) is 4.79 Å². The van der Waals surface area contributed by atoms with Crippen molar-refractivity contribution in [3.63, 3.8) is 0 Å². The Morgan fingerprint density at radius 3 is 2.42 bits per heavy atom. The normalized spacial score (nSPS) is 12.0. The van der Waals surface area contributed by atoms with Crippen LogP contribution in [0, 0.1) is 5.41 Å². The number of sulfonamides is 1. The lowest BCUT2D eigenvalue weighted by atomic mass is 10.0. The molecule has 0 aliphatic heterocycles. The molecular weight excluding hydrogens is 348 g/mol. The maximum atomic E-state index is 12.2. The highest BCUT2D eigenvalue weighted by atomic mass is 32.2. The molecule has 6 nitrogen and oxygen atoms in total. The standard InChI is InChI=1S/C16H20N2O4S2/c1-16(2,3)10-24(20,21)18-14(19)13-9-17-15(23-13)11-5-7-12(22-4)8-6-11/h5-9H,10H2,1-4H3,(H,18,19). The quantitative estimate of drug-likeness (QED) is 0.877. The van der Waals surface area contributed by atoms with E-state index >= 15 is 0 Å². The van der Waals surface area contributed by atoms with Crippen LogP contribution in [0.25, 0.3) is 10.6 Å². The van der Waals surface area contributed by atoms with Crippen LogP contribution in [0.5, 0.6) is 5.75 Å². The van der Waals surface area contributed by atoms with E-state index in [1.165, 1.54) is 6.20 Å². The highest BCUT2D eigenvalue weighted by Gasteiger charge is 2.24. The largest absolute Gasteiger partial charge is 0.497 e. The van der Waals surface area contributed by atoms with Crippen molar-refractivity contribution in [2.75, 3.05) is 12.9 Å². The van der Waals surface area contributed by atoms with Crippen LogP contribution in [-0.2, 0) is 10.0 Å². The first-order valence-corrected chi connectivity index (χ1v) is 9.72. The summed E-state index contributed by atoms with van der Waals surface area (Å²) in [5.41, 5.74) is 0.394. The molecule has 0 bridgehead atoms. The average Bonchev–Trinajstić information content (AvgIpc) is 2.94. The number of amides is 1. The van der Waals surface area contributed by atoms with Gasteiger partial charge >= 0.3 is 0 Å². The number of thiazole rings is 1. The van der Waals surface area contributed by atoms with E-state index in [1.807, 2.05) is 12.1 Å². The van der Waals surface area contributed by atoms with E-state index in [9.17, 15) is 13.2 Å². The SMILES string of the molecule is COc1ccc(-c2ncc(C(=O)NS(=O)(=O)CC(C)(C)C)s2)cc1. The van der Waals surface area contributed by atoms with Crippen molar-refractivity contribution < 1.29 is 17.9 Å². The van der Waals surface area contributed by atoms with E-state index in [2.05, 4.69) is 9.71 Å². The molecule has 1 aromatic heterocycles. The second-order valence-electron chi connectivity index (χ2n) is 6.51. The second kappa shape index (κ2) is 6.90. The van der Waals surface area contributed by atoms with Crippen LogP contribution in [-0.4, -0.2) is 32.2 Å². The Balaban J connectivity index is 2.13. The van der Waals surface area contributed by atoms with Gasteiger partial charge in [-0.25, -0.2) is 18.1 Å². The van der Waals surface area contributed by atoms with Gasteiger partial charge in [0.05, 0.1) is 19.1 Å². The van der Waals surface area contributed by atoms with E-state index in [-0.39, 0.29) is 10.6 Å². The van der Waals surface area contributed by atoms with Gasteiger partial charge in [0.1, 0.15) is 15.6 Å². The Hall–Kier alpha value is -1.93. The number of nitrogens with zero attached hydrogens (tertiary/aromatic N) is 1. The lowest BCUT2D eigenvalue weighted by molar-refractivity contribution is 0.0985. The summed E-state index contributed by atoms with van der Waals surface area (Å²) in [4.78, 5) is 16.6. The molecule has 2 aromatic rings. The van der Waals surface area contributed by atoms with Gasteiger partial charge in [-0.05, 0) is 29.7 Å². The van der Waals surface area contributed by atoms with Crippen LogP contribution in [0.3, 0.4) is 0 Å². The number of ether oxygens (including phenoxy) is 1. The van der Waals surface area contributed by atoms with Crippen LogP contribution >= 0.6 is 11.3 Å². The number of carbonyl (C=O) groups excluding carboxylic acids is 1. The summed E-state index contributed by atoms with van der Waals surface area (Å²) in [7, 11) is -2.11. The number of hydrogen-bond donors (Lipinski definition) is 1. The number of aromatic nitrogens is 1. The highest BCUT2D eigenvalue weighted by molar-refractivity contribution is 7.90. The first-order chi connectivity index (χ1) is 11.1. The summed E-state index contributed by atoms with van der Waals surface area (Å²) < 4.78 is 31.2. The minimum absolute atomic E-state index is 0.129. The highest BCUT2D eigenvalue weighted by Crippen LogP contribution is 2.27. The summed E-state index contributed by atoms with van der Waals surface area (Å²) in [6.07, 6.45) is 1.38. The Labute approximate surface area is 145 Å². The van der Waals surface area contributed by atoms with Gasteiger partial charge < -0.3 is 4.74 Å². The predicted molar refractivity (Wildman–Crippen MR) is 94.8 cm³/mol. The Kier molecular flexibility index (Phi) is 5.29. The van der Waals surface area contributed by atoms with E-state index < -0.39 is 21.3 Å².